The van der Waals surface area contributed by atoms with Gasteiger partial charge in [0.1, 0.15) is 40.9 Å². The lowest BCUT2D eigenvalue weighted by molar-refractivity contribution is -0.141. The van der Waals surface area contributed by atoms with E-state index in [9.17, 15) is 32.4 Å². The zero-order valence-electron chi connectivity index (χ0n) is 32.0. The summed E-state index contributed by atoms with van der Waals surface area (Å²) in [5.74, 6) is -1.61. The molecule has 3 fully saturated rings. The Morgan fingerprint density at radius 2 is 1.85 bits per heavy atom. The Bertz CT molecular complexity index is 1990. The van der Waals surface area contributed by atoms with E-state index < -0.39 is 68.4 Å². The molecule has 0 unspecified atom stereocenters. The van der Waals surface area contributed by atoms with Crippen LogP contribution in [0.2, 0.25) is 0 Å². The van der Waals surface area contributed by atoms with Gasteiger partial charge < -0.3 is 29.7 Å². The van der Waals surface area contributed by atoms with Gasteiger partial charge in [0.15, 0.2) is 0 Å². The Morgan fingerprint density at radius 3 is 2.47 bits per heavy atom. The third-order valence-corrected chi connectivity index (χ3v) is 12.5. The van der Waals surface area contributed by atoms with Crippen molar-refractivity contribution < 1.29 is 46.6 Å². The highest BCUT2D eigenvalue weighted by Gasteiger charge is 2.62. The topological polar surface area (TPSA) is 199 Å². The number of allylic oxidation sites excluding steroid dienone is 2. The Labute approximate surface area is 321 Å². The number of aromatic nitrogens is 1. The van der Waals surface area contributed by atoms with E-state index in [0.29, 0.717) is 30.4 Å². The van der Waals surface area contributed by atoms with Crippen molar-refractivity contribution in [2.75, 3.05) is 13.7 Å². The summed E-state index contributed by atoms with van der Waals surface area (Å²) >= 11 is 0. The summed E-state index contributed by atoms with van der Waals surface area (Å²) in [6.07, 6.45) is 5.59. The minimum absolute atomic E-state index is 0.00546. The molecule has 0 radical (unpaired) electrons. The molecule has 0 bridgehead atoms. The SMILES string of the molecule is CC[C@@H]1C[C@]1(NC(=O)[C@@H]1C[C@@H](Oc2nccc3cc(OC)ccc23)CN1C(=O)[C@H](CCC(=O)CC1=CCC1)NC(=O)OC(C)(C)C)C(=O)NS(=O)(=O)C1CC1. The van der Waals surface area contributed by atoms with Crippen LogP contribution < -0.4 is 24.8 Å². The largest absolute Gasteiger partial charge is 0.497 e. The van der Waals surface area contributed by atoms with Crippen LogP contribution in [0.1, 0.15) is 91.9 Å². The summed E-state index contributed by atoms with van der Waals surface area (Å²) in [6, 6.07) is 4.77. The molecule has 3 aliphatic carbocycles. The van der Waals surface area contributed by atoms with Gasteiger partial charge in [-0.15, -0.1) is 0 Å². The first-order valence-electron chi connectivity index (χ1n) is 19.0. The molecule has 4 aliphatic rings. The Balaban J connectivity index is 1.27. The summed E-state index contributed by atoms with van der Waals surface area (Å²) in [6.45, 7) is 6.80. The Hall–Kier alpha value is -4.73. The van der Waals surface area contributed by atoms with Crippen LogP contribution in [0.15, 0.2) is 42.1 Å². The number of ether oxygens (including phenoxy) is 3. The van der Waals surface area contributed by atoms with Gasteiger partial charge in [-0.2, -0.15) is 0 Å². The number of pyridine rings is 1. The fraction of sp³-hybridized carbons (Fsp3) is 0.590. The molecule has 2 heterocycles. The number of ketones is 1. The van der Waals surface area contributed by atoms with Crippen LogP contribution in [0.5, 0.6) is 11.6 Å². The minimum Gasteiger partial charge on any atom is -0.497 e. The van der Waals surface area contributed by atoms with Gasteiger partial charge in [-0.1, -0.05) is 25.0 Å². The first-order valence-corrected chi connectivity index (χ1v) is 20.5. The summed E-state index contributed by atoms with van der Waals surface area (Å²) in [5.41, 5.74) is -1.32. The molecule has 0 spiro atoms. The van der Waals surface area contributed by atoms with Gasteiger partial charge in [0, 0.05) is 30.8 Å². The molecule has 2 aromatic rings. The lowest BCUT2D eigenvalue weighted by atomic mass is 9.92. The fourth-order valence-electron chi connectivity index (χ4n) is 7.24. The number of hydrogen-bond donors (Lipinski definition) is 3. The predicted molar refractivity (Wildman–Crippen MR) is 202 cm³/mol. The number of hydrogen-bond acceptors (Lipinski definition) is 11. The molecule has 1 aliphatic heterocycles. The first-order chi connectivity index (χ1) is 26.0. The number of alkyl carbamates (subject to hydrolysis) is 1. The predicted octanol–water partition coefficient (Wildman–Crippen LogP) is 3.84. The number of likely N-dealkylation sites (tertiary alicyclic amines) is 1. The van der Waals surface area contributed by atoms with Crippen LogP contribution in [0.25, 0.3) is 10.8 Å². The van der Waals surface area contributed by atoms with Crippen molar-refractivity contribution in [2.45, 2.75) is 126 Å². The van der Waals surface area contributed by atoms with Crippen LogP contribution in [-0.2, 0) is 33.9 Å². The van der Waals surface area contributed by atoms with E-state index in [0.717, 1.165) is 23.8 Å². The smallest absolute Gasteiger partial charge is 0.408 e. The molecular weight excluding hydrogens is 731 g/mol. The Kier molecular flexibility index (Phi) is 11.5. The molecule has 1 aromatic heterocycles. The summed E-state index contributed by atoms with van der Waals surface area (Å²) in [7, 11) is -2.33. The summed E-state index contributed by atoms with van der Waals surface area (Å²) in [5, 5.41) is 6.30. The maximum Gasteiger partial charge on any atom is 0.408 e. The maximum atomic E-state index is 14.6. The molecule has 6 rings (SSSR count). The van der Waals surface area contributed by atoms with Gasteiger partial charge in [-0.25, -0.2) is 18.2 Å². The van der Waals surface area contributed by atoms with Gasteiger partial charge in [-0.3, -0.25) is 23.9 Å². The van der Waals surface area contributed by atoms with Crippen LogP contribution in [0.4, 0.5) is 4.79 Å². The number of fused-ring (bicyclic) bond motifs is 1. The normalized spacial score (nSPS) is 23.8. The molecule has 3 N–H and O–H groups in total. The average Bonchev–Trinajstić information content (AvgIpc) is 4.04. The molecule has 55 heavy (non-hydrogen) atoms. The molecule has 2 saturated carbocycles. The molecule has 16 heteroatoms. The lowest BCUT2D eigenvalue weighted by Crippen LogP contribution is -2.58. The second-order valence-corrected chi connectivity index (χ2v) is 17.9. The number of carbonyl (C=O) groups is 5. The molecule has 1 saturated heterocycles. The number of rotatable bonds is 16. The first kappa shape index (κ1) is 39.9. The number of carbonyl (C=O) groups excluding carboxylic acids is 5. The minimum atomic E-state index is -3.89. The van der Waals surface area contributed by atoms with Crippen molar-refractivity contribution in [3.8, 4) is 11.6 Å². The number of sulfonamides is 1. The second kappa shape index (κ2) is 15.8. The second-order valence-electron chi connectivity index (χ2n) is 16.0. The van der Waals surface area contributed by atoms with E-state index >= 15 is 0 Å². The van der Waals surface area contributed by atoms with Gasteiger partial charge in [0.05, 0.1) is 18.9 Å². The summed E-state index contributed by atoms with van der Waals surface area (Å²) < 4.78 is 44.9. The van der Waals surface area contributed by atoms with Crippen LogP contribution >= 0.6 is 0 Å². The third-order valence-electron chi connectivity index (χ3n) is 10.6. The molecular formula is C39H51N5O10S. The zero-order chi connectivity index (χ0) is 39.7. The van der Waals surface area contributed by atoms with Crippen LogP contribution in [-0.4, -0.2) is 96.1 Å². The summed E-state index contributed by atoms with van der Waals surface area (Å²) in [4.78, 5) is 74.2. The number of benzene rings is 1. The van der Waals surface area contributed by atoms with Gasteiger partial charge in [-0.05, 0) is 94.9 Å². The lowest BCUT2D eigenvalue weighted by Gasteiger charge is -2.30. The quantitative estimate of drug-likeness (QED) is 0.209. The molecule has 4 amide bonds. The third kappa shape index (κ3) is 9.39. The number of methoxy groups -OCH3 is 1. The van der Waals surface area contributed by atoms with Gasteiger partial charge in [0.2, 0.25) is 27.7 Å². The van der Waals surface area contributed by atoms with Crippen molar-refractivity contribution in [3.63, 3.8) is 0 Å². The van der Waals surface area contributed by atoms with Crippen molar-refractivity contribution in [2.24, 2.45) is 5.92 Å². The molecule has 1 aromatic carbocycles. The van der Waals surface area contributed by atoms with Crippen molar-refractivity contribution in [3.05, 3.63) is 42.1 Å². The molecule has 298 valence electrons. The fourth-order valence-corrected chi connectivity index (χ4v) is 8.60. The Morgan fingerprint density at radius 1 is 1.11 bits per heavy atom. The van der Waals surface area contributed by atoms with Crippen molar-refractivity contribution >= 4 is 50.4 Å². The van der Waals surface area contributed by atoms with E-state index in [1.807, 2.05) is 19.1 Å². The zero-order valence-corrected chi connectivity index (χ0v) is 32.8. The van der Waals surface area contributed by atoms with Crippen LogP contribution in [0, 0.1) is 5.92 Å². The number of amides is 4. The highest BCUT2D eigenvalue weighted by atomic mass is 32.2. The van der Waals surface area contributed by atoms with Gasteiger partial charge in [0.25, 0.3) is 5.91 Å². The monoisotopic (exact) mass is 781 g/mol. The molecule has 5 atom stereocenters. The van der Waals surface area contributed by atoms with Crippen molar-refractivity contribution in [1.82, 2.24) is 25.2 Å². The van der Waals surface area contributed by atoms with E-state index in [1.54, 1.807) is 52.3 Å². The van der Waals surface area contributed by atoms with E-state index in [1.165, 1.54) is 4.90 Å². The number of Topliss-reactive ketones (excluding diaryl/α,β-unsaturated/α-hetero) is 1. The van der Waals surface area contributed by atoms with E-state index in [-0.39, 0.29) is 56.2 Å². The average molecular weight is 782 g/mol. The highest BCUT2D eigenvalue weighted by Crippen LogP contribution is 2.47. The van der Waals surface area contributed by atoms with Crippen molar-refractivity contribution in [1.29, 1.82) is 0 Å². The molecule has 15 nitrogen and oxygen atoms in total. The van der Waals surface area contributed by atoms with Crippen LogP contribution in [0.3, 0.4) is 0 Å². The number of nitrogens with zero attached hydrogens (tertiary/aromatic N) is 2. The van der Waals surface area contributed by atoms with E-state index in [2.05, 4.69) is 20.3 Å². The highest BCUT2D eigenvalue weighted by molar-refractivity contribution is 7.91. The maximum absolute atomic E-state index is 14.6. The van der Waals surface area contributed by atoms with E-state index in [4.69, 9.17) is 14.2 Å². The van der Waals surface area contributed by atoms with Gasteiger partial charge >= 0.3 is 6.09 Å². The number of nitrogens with one attached hydrogen (secondary N) is 3. The standard InChI is InChI=1S/C39H51N5O10S/c1-6-25-21-39(25,36(48)43-55(50,51)29-12-13-29)42-33(46)32-20-28(53-34-30-14-11-27(52-5)19-24(30)16-17-40-34)22-44(32)35(47)31(41-37(49)54-38(2,3)4)15-10-26(45)18-23-8-7-9-23/h8,11,14,16-17,19,25,28-29,31-32H,6-7,9-10,12-13,15,18,20-22H2,1-5H3,(H,41,49)(H,42,46)(H,43,48)/t25-,28-,31+,32+,39-/m1/s1.